The van der Waals surface area contributed by atoms with Crippen molar-refractivity contribution in [1.82, 2.24) is 39.5 Å². The summed E-state index contributed by atoms with van der Waals surface area (Å²) >= 11 is 0. The average molecular weight is 884 g/mol. The summed E-state index contributed by atoms with van der Waals surface area (Å²) in [5.74, 6) is 3.22. The number of nitrogens with zero attached hydrogens (tertiary/aromatic N) is 9. The SMILES string of the molecule is N#Cc1cccc(-c2ccc3c(c2)c2ccccc2n3-c2ccc(-c3nc(-c4ccccc4)nc(-c4ccccc4)n3)cc2-c2ncccc2-c2nc(-c3ccccc3)nc(-c3ccccc3)n2)c1. The van der Waals surface area contributed by atoms with Gasteiger partial charge < -0.3 is 4.57 Å². The van der Waals surface area contributed by atoms with Gasteiger partial charge in [0.1, 0.15) is 0 Å². The molecule has 8 aromatic carbocycles. The lowest BCUT2D eigenvalue weighted by Gasteiger charge is -2.18. The van der Waals surface area contributed by atoms with E-state index in [9.17, 15) is 5.26 Å². The minimum atomic E-state index is 0.478. The van der Waals surface area contributed by atoms with Crippen LogP contribution in [0.4, 0.5) is 0 Å². The van der Waals surface area contributed by atoms with Gasteiger partial charge in [-0.1, -0.05) is 158 Å². The number of hydrogen-bond acceptors (Lipinski definition) is 8. The second-order valence-electron chi connectivity index (χ2n) is 16.5. The molecule has 69 heavy (non-hydrogen) atoms. The Hall–Kier alpha value is -9.78. The highest BCUT2D eigenvalue weighted by Crippen LogP contribution is 2.41. The fourth-order valence-electron chi connectivity index (χ4n) is 8.91. The van der Waals surface area contributed by atoms with Gasteiger partial charge >= 0.3 is 0 Å². The predicted molar refractivity (Wildman–Crippen MR) is 274 cm³/mol. The lowest BCUT2D eigenvalue weighted by Crippen LogP contribution is -2.04. The summed E-state index contributed by atoms with van der Waals surface area (Å²) in [4.78, 5) is 35.8. The van der Waals surface area contributed by atoms with E-state index in [1.54, 1.807) is 0 Å². The van der Waals surface area contributed by atoms with E-state index in [2.05, 4.69) is 71.3 Å². The third-order valence-corrected chi connectivity index (χ3v) is 12.2. The highest BCUT2D eigenvalue weighted by Gasteiger charge is 2.23. The van der Waals surface area contributed by atoms with E-state index in [1.807, 2.05) is 164 Å². The Morgan fingerprint density at radius 3 is 1.39 bits per heavy atom. The molecule has 0 spiro atoms. The lowest BCUT2D eigenvalue weighted by molar-refractivity contribution is 1.07. The van der Waals surface area contributed by atoms with E-state index in [0.717, 1.165) is 77.6 Å². The van der Waals surface area contributed by atoms with Gasteiger partial charge in [-0.05, 0) is 71.8 Å². The lowest BCUT2D eigenvalue weighted by atomic mass is 9.99. The summed E-state index contributed by atoms with van der Waals surface area (Å²) < 4.78 is 2.30. The van der Waals surface area contributed by atoms with Crippen LogP contribution in [0.3, 0.4) is 0 Å². The fraction of sp³-hybridized carbons (Fsp3) is 0. The zero-order valence-electron chi connectivity index (χ0n) is 36.9. The highest BCUT2D eigenvalue weighted by atomic mass is 15.0. The zero-order chi connectivity index (χ0) is 46.1. The third-order valence-electron chi connectivity index (χ3n) is 12.2. The average Bonchev–Trinajstić information content (AvgIpc) is 3.77. The largest absolute Gasteiger partial charge is 0.309 e. The van der Waals surface area contributed by atoms with E-state index in [-0.39, 0.29) is 0 Å². The Labute approximate surface area is 397 Å². The van der Waals surface area contributed by atoms with Gasteiger partial charge in [-0.3, -0.25) is 4.98 Å². The van der Waals surface area contributed by atoms with Crippen LogP contribution in [0.5, 0.6) is 0 Å². The summed E-state index contributed by atoms with van der Waals surface area (Å²) in [6, 6.07) is 75.2. The quantitative estimate of drug-likeness (QED) is 0.141. The van der Waals surface area contributed by atoms with Gasteiger partial charge in [0.15, 0.2) is 34.9 Å². The second-order valence-corrected chi connectivity index (χ2v) is 16.5. The molecule has 0 bridgehead atoms. The van der Waals surface area contributed by atoms with Gasteiger partial charge in [0, 0.05) is 55.9 Å². The van der Waals surface area contributed by atoms with Crippen LogP contribution in [0, 0.1) is 11.3 Å². The van der Waals surface area contributed by atoms with Gasteiger partial charge in [-0.2, -0.15) is 5.26 Å². The number of aromatic nitrogens is 8. The Bertz CT molecular complexity index is 3790. The summed E-state index contributed by atoms with van der Waals surface area (Å²) in [6.07, 6.45) is 1.81. The summed E-state index contributed by atoms with van der Waals surface area (Å²) in [7, 11) is 0. The van der Waals surface area contributed by atoms with Crippen LogP contribution in [0.15, 0.2) is 225 Å². The Morgan fingerprint density at radius 2 is 0.812 bits per heavy atom. The molecule has 0 saturated heterocycles. The van der Waals surface area contributed by atoms with Crippen LogP contribution in [-0.2, 0) is 0 Å². The molecule has 12 rings (SSSR count). The van der Waals surface area contributed by atoms with Gasteiger partial charge in [0.25, 0.3) is 0 Å². The van der Waals surface area contributed by atoms with E-state index in [0.29, 0.717) is 46.2 Å². The summed E-state index contributed by atoms with van der Waals surface area (Å²) in [5, 5.41) is 11.9. The van der Waals surface area contributed by atoms with Gasteiger partial charge in [0.05, 0.1) is 34.0 Å². The molecule has 0 saturated carbocycles. The summed E-state index contributed by atoms with van der Waals surface area (Å²) in [6.45, 7) is 0. The minimum Gasteiger partial charge on any atom is -0.309 e. The second kappa shape index (κ2) is 17.5. The highest BCUT2D eigenvalue weighted by molar-refractivity contribution is 6.11. The smallest absolute Gasteiger partial charge is 0.166 e. The number of benzene rings is 8. The van der Waals surface area contributed by atoms with Crippen LogP contribution in [0.25, 0.3) is 118 Å². The first-order valence-electron chi connectivity index (χ1n) is 22.5. The number of para-hydroxylation sites is 1. The molecule has 9 nitrogen and oxygen atoms in total. The Balaban J connectivity index is 1.13. The van der Waals surface area contributed by atoms with Crippen molar-refractivity contribution in [2.75, 3.05) is 0 Å². The molecular formula is C60H37N9. The molecule has 0 unspecified atom stereocenters. The van der Waals surface area contributed by atoms with Gasteiger partial charge in [-0.25, -0.2) is 29.9 Å². The van der Waals surface area contributed by atoms with E-state index >= 15 is 0 Å². The number of nitriles is 1. The molecule has 0 aliphatic heterocycles. The van der Waals surface area contributed by atoms with Crippen molar-refractivity contribution in [2.24, 2.45) is 0 Å². The number of fused-ring (bicyclic) bond motifs is 3. The van der Waals surface area contributed by atoms with E-state index < -0.39 is 0 Å². The van der Waals surface area contributed by atoms with Crippen LogP contribution < -0.4 is 0 Å². The van der Waals surface area contributed by atoms with Crippen LogP contribution >= 0.6 is 0 Å². The molecule has 4 heterocycles. The molecule has 0 aliphatic rings. The van der Waals surface area contributed by atoms with Crippen molar-refractivity contribution in [3.8, 4) is 102 Å². The first kappa shape index (κ1) is 40.7. The predicted octanol–water partition coefficient (Wildman–Crippen LogP) is 13.8. The molecule has 0 radical (unpaired) electrons. The third kappa shape index (κ3) is 7.74. The number of hydrogen-bond donors (Lipinski definition) is 0. The number of rotatable bonds is 9. The maximum absolute atomic E-state index is 9.74. The van der Waals surface area contributed by atoms with Crippen LogP contribution in [-0.4, -0.2) is 39.5 Å². The van der Waals surface area contributed by atoms with E-state index in [4.69, 9.17) is 34.9 Å². The first-order valence-corrected chi connectivity index (χ1v) is 22.5. The van der Waals surface area contributed by atoms with Gasteiger partial charge in [-0.15, -0.1) is 0 Å². The molecule has 0 N–H and O–H groups in total. The van der Waals surface area contributed by atoms with Crippen molar-refractivity contribution in [1.29, 1.82) is 5.26 Å². The molecule has 0 aliphatic carbocycles. The molecule has 0 atom stereocenters. The maximum atomic E-state index is 9.74. The summed E-state index contributed by atoms with van der Waals surface area (Å²) in [5.41, 5.74) is 11.9. The normalized spacial score (nSPS) is 11.2. The molecule has 322 valence electrons. The molecule has 0 amide bonds. The topological polar surface area (TPSA) is 119 Å². The first-order chi connectivity index (χ1) is 34.1. The minimum absolute atomic E-state index is 0.478. The maximum Gasteiger partial charge on any atom is 0.166 e. The fourth-order valence-corrected chi connectivity index (χ4v) is 8.91. The van der Waals surface area contributed by atoms with Crippen molar-refractivity contribution >= 4 is 21.8 Å². The van der Waals surface area contributed by atoms with Crippen molar-refractivity contribution < 1.29 is 0 Å². The Kier molecular flexibility index (Phi) is 10.4. The van der Waals surface area contributed by atoms with Crippen molar-refractivity contribution in [2.45, 2.75) is 0 Å². The molecule has 0 fully saturated rings. The molecule has 9 heteroatoms. The monoisotopic (exact) mass is 883 g/mol. The molecular weight excluding hydrogens is 847 g/mol. The van der Waals surface area contributed by atoms with E-state index in [1.165, 1.54) is 0 Å². The zero-order valence-corrected chi connectivity index (χ0v) is 36.9. The number of pyridine rings is 1. The molecule has 4 aromatic heterocycles. The standard InChI is InChI=1S/C60H37N9/c61-38-39-17-15-26-44(35-39)45-30-32-52-49(36-45)47-27-13-14-29-51(47)69(52)53-33-31-46(59-65-55(40-18-5-1-6-19-40)63-56(66-59)41-20-7-2-8-21-41)37-50(53)54-48(28-16-34-62-54)60-67-57(42-22-9-3-10-23-42)64-58(68-60)43-24-11-4-12-25-43/h1-37H. The van der Waals surface area contributed by atoms with Crippen LogP contribution in [0.2, 0.25) is 0 Å². The van der Waals surface area contributed by atoms with Crippen molar-refractivity contribution in [3.05, 3.63) is 230 Å². The van der Waals surface area contributed by atoms with Gasteiger partial charge in [0.2, 0.25) is 0 Å². The van der Waals surface area contributed by atoms with Crippen molar-refractivity contribution in [3.63, 3.8) is 0 Å². The van der Waals surface area contributed by atoms with Crippen LogP contribution in [0.1, 0.15) is 5.56 Å². The molecule has 12 aromatic rings. The Morgan fingerprint density at radius 1 is 0.333 bits per heavy atom.